The second-order valence-electron chi connectivity index (χ2n) is 4.65. The van der Waals surface area contributed by atoms with Crippen molar-refractivity contribution in [3.63, 3.8) is 0 Å². The molecule has 1 aliphatic rings. The van der Waals surface area contributed by atoms with Crippen LogP contribution in [-0.4, -0.2) is 18.9 Å². The summed E-state index contributed by atoms with van der Waals surface area (Å²) < 4.78 is 16.6. The van der Waals surface area contributed by atoms with E-state index >= 15 is 0 Å². The second kappa shape index (κ2) is 7.03. The average molecular weight is 284 g/mol. The molecule has 1 saturated heterocycles. The van der Waals surface area contributed by atoms with Gasteiger partial charge in [-0.1, -0.05) is 0 Å². The van der Waals surface area contributed by atoms with Crippen LogP contribution in [0.4, 0.5) is 0 Å². The predicted molar refractivity (Wildman–Crippen MR) is 72.9 cm³/mol. The van der Waals surface area contributed by atoms with Crippen LogP contribution >= 0.6 is 11.3 Å². The van der Waals surface area contributed by atoms with Gasteiger partial charge in [-0.05, 0) is 43.2 Å². The fraction of sp³-hybridized carbons (Fsp3) is 0.643. The van der Waals surface area contributed by atoms with E-state index in [-0.39, 0.29) is 18.4 Å². The molecule has 4 nitrogen and oxygen atoms in total. The van der Waals surface area contributed by atoms with Gasteiger partial charge in [-0.3, -0.25) is 4.79 Å². The minimum Gasteiger partial charge on any atom is -0.460 e. The molecule has 0 saturated carbocycles. The smallest absolute Gasteiger partial charge is 0.302 e. The summed E-state index contributed by atoms with van der Waals surface area (Å²) in [5.74, 6) is -0.261. The van der Waals surface area contributed by atoms with Gasteiger partial charge in [0.15, 0.2) is 6.29 Å². The number of carbonyl (C=O) groups is 1. The average Bonchev–Trinajstić information content (AvgIpc) is 2.86. The maximum Gasteiger partial charge on any atom is 0.302 e. The lowest BCUT2D eigenvalue weighted by molar-refractivity contribution is -0.186. The van der Waals surface area contributed by atoms with E-state index in [9.17, 15) is 4.79 Å². The van der Waals surface area contributed by atoms with Crippen LogP contribution in [-0.2, 0) is 25.6 Å². The van der Waals surface area contributed by atoms with Crippen molar-refractivity contribution < 1.29 is 19.0 Å². The van der Waals surface area contributed by atoms with E-state index in [4.69, 9.17) is 14.2 Å². The second-order valence-corrected chi connectivity index (χ2v) is 5.65. The molecule has 2 heterocycles. The van der Waals surface area contributed by atoms with Crippen molar-refractivity contribution in [1.29, 1.82) is 0 Å². The lowest BCUT2D eigenvalue weighted by Gasteiger charge is -2.26. The number of esters is 1. The molecule has 5 heteroatoms. The fourth-order valence-corrected chi connectivity index (χ4v) is 2.99. The highest BCUT2D eigenvalue weighted by Gasteiger charge is 2.20. The van der Waals surface area contributed by atoms with Gasteiger partial charge >= 0.3 is 5.97 Å². The number of carbonyl (C=O) groups excluding carboxylic acids is 1. The topological polar surface area (TPSA) is 44.8 Å². The quantitative estimate of drug-likeness (QED) is 0.777. The molecular formula is C14H20O4S. The summed E-state index contributed by atoms with van der Waals surface area (Å²) in [6.45, 7) is 4.53. The Balaban J connectivity index is 1.92. The summed E-state index contributed by atoms with van der Waals surface area (Å²) in [5.41, 5.74) is 1.08. The van der Waals surface area contributed by atoms with Crippen LogP contribution < -0.4 is 0 Å². The lowest BCUT2D eigenvalue weighted by atomic mass is 10.1. The molecule has 0 aliphatic carbocycles. The summed E-state index contributed by atoms with van der Waals surface area (Å²) in [6.07, 6.45) is 3.07. The molecule has 1 fully saturated rings. The first-order valence-electron chi connectivity index (χ1n) is 6.63. The first-order valence-corrected chi connectivity index (χ1v) is 7.51. The van der Waals surface area contributed by atoms with E-state index in [1.54, 1.807) is 11.3 Å². The minimum atomic E-state index is -0.261. The number of thiophene rings is 1. The van der Waals surface area contributed by atoms with Crippen molar-refractivity contribution in [3.05, 3.63) is 21.9 Å². The van der Waals surface area contributed by atoms with Crippen molar-refractivity contribution >= 4 is 17.3 Å². The molecule has 0 spiro atoms. The predicted octanol–water partition coefficient (Wildman–Crippen LogP) is 3.42. The summed E-state index contributed by atoms with van der Waals surface area (Å²) in [5, 5.41) is 2.00. The number of rotatable bonds is 5. The molecule has 0 bridgehead atoms. The molecule has 0 aromatic carbocycles. The van der Waals surface area contributed by atoms with Crippen LogP contribution in [0.15, 0.2) is 11.4 Å². The molecule has 19 heavy (non-hydrogen) atoms. The highest BCUT2D eigenvalue weighted by molar-refractivity contribution is 7.10. The molecule has 106 valence electrons. The molecule has 2 rings (SSSR count). The zero-order valence-corrected chi connectivity index (χ0v) is 12.2. The zero-order chi connectivity index (χ0) is 13.7. The third-order valence-corrected chi connectivity index (χ3v) is 4.03. The summed E-state index contributed by atoms with van der Waals surface area (Å²) in [6, 6.07) is 2.02. The van der Waals surface area contributed by atoms with E-state index in [0.29, 0.717) is 6.61 Å². The fourth-order valence-electron chi connectivity index (χ4n) is 2.12. The van der Waals surface area contributed by atoms with Crippen molar-refractivity contribution in [2.24, 2.45) is 0 Å². The Morgan fingerprint density at radius 2 is 2.42 bits per heavy atom. The van der Waals surface area contributed by atoms with Crippen LogP contribution in [0.5, 0.6) is 0 Å². The van der Waals surface area contributed by atoms with Crippen LogP contribution in [0.1, 0.15) is 49.7 Å². The van der Waals surface area contributed by atoms with Gasteiger partial charge in [-0.15, -0.1) is 11.3 Å². The van der Waals surface area contributed by atoms with Crippen molar-refractivity contribution in [2.75, 3.05) is 6.61 Å². The first-order chi connectivity index (χ1) is 9.16. The van der Waals surface area contributed by atoms with Gasteiger partial charge in [0.25, 0.3) is 0 Å². The van der Waals surface area contributed by atoms with Gasteiger partial charge in [0, 0.05) is 18.4 Å². The summed E-state index contributed by atoms with van der Waals surface area (Å²) >= 11 is 1.58. The SMILES string of the molecule is CC(=O)OCc1sccc1C(C)OC1CCCCO1. The van der Waals surface area contributed by atoms with E-state index in [1.807, 2.05) is 18.4 Å². The molecular weight excluding hydrogens is 264 g/mol. The van der Waals surface area contributed by atoms with Crippen molar-refractivity contribution in [2.45, 2.75) is 52.1 Å². The van der Waals surface area contributed by atoms with Crippen LogP contribution in [0.25, 0.3) is 0 Å². The van der Waals surface area contributed by atoms with Gasteiger partial charge in [-0.2, -0.15) is 0 Å². The highest BCUT2D eigenvalue weighted by Crippen LogP contribution is 2.29. The third-order valence-electron chi connectivity index (χ3n) is 3.12. The van der Waals surface area contributed by atoms with Gasteiger partial charge in [0.05, 0.1) is 6.10 Å². The maximum atomic E-state index is 10.9. The third kappa shape index (κ3) is 4.30. The number of hydrogen-bond donors (Lipinski definition) is 0. The molecule has 1 aliphatic heterocycles. The monoisotopic (exact) mass is 284 g/mol. The van der Waals surface area contributed by atoms with Gasteiger partial charge < -0.3 is 14.2 Å². The Morgan fingerprint density at radius 3 is 3.11 bits per heavy atom. The molecule has 2 atom stereocenters. The first kappa shape index (κ1) is 14.5. The normalized spacial score (nSPS) is 21.1. The standard InChI is InChI=1S/C14H20O4S/c1-10(18-14-5-3-4-7-16-14)12-6-8-19-13(12)9-17-11(2)15/h6,8,10,14H,3-5,7,9H2,1-2H3. The Bertz CT molecular complexity index is 409. The van der Waals surface area contributed by atoms with Gasteiger partial charge in [-0.25, -0.2) is 0 Å². The van der Waals surface area contributed by atoms with Crippen LogP contribution in [0, 0.1) is 0 Å². The van der Waals surface area contributed by atoms with Gasteiger partial charge in [0.1, 0.15) is 6.61 Å². The van der Waals surface area contributed by atoms with Crippen LogP contribution in [0.3, 0.4) is 0 Å². The zero-order valence-electron chi connectivity index (χ0n) is 11.4. The maximum absolute atomic E-state index is 10.9. The van der Waals surface area contributed by atoms with E-state index < -0.39 is 0 Å². The Hall–Kier alpha value is -0.910. The largest absolute Gasteiger partial charge is 0.460 e. The molecule has 0 N–H and O–H groups in total. The number of hydrogen-bond acceptors (Lipinski definition) is 5. The molecule has 2 unspecified atom stereocenters. The Labute approximate surface area is 117 Å². The lowest BCUT2D eigenvalue weighted by Crippen LogP contribution is -2.23. The summed E-state index contributed by atoms with van der Waals surface area (Å²) in [7, 11) is 0. The van der Waals surface area contributed by atoms with E-state index in [0.717, 1.165) is 36.3 Å². The summed E-state index contributed by atoms with van der Waals surface area (Å²) in [4.78, 5) is 11.9. The Morgan fingerprint density at radius 1 is 1.58 bits per heavy atom. The highest BCUT2D eigenvalue weighted by atomic mass is 32.1. The number of ether oxygens (including phenoxy) is 3. The van der Waals surface area contributed by atoms with Gasteiger partial charge in [0.2, 0.25) is 0 Å². The van der Waals surface area contributed by atoms with Crippen LogP contribution in [0.2, 0.25) is 0 Å². The van der Waals surface area contributed by atoms with Crippen molar-refractivity contribution in [1.82, 2.24) is 0 Å². The molecule has 1 aromatic rings. The minimum absolute atomic E-state index is 0.0418. The van der Waals surface area contributed by atoms with E-state index in [2.05, 4.69) is 0 Å². The van der Waals surface area contributed by atoms with Crippen molar-refractivity contribution in [3.8, 4) is 0 Å². The van der Waals surface area contributed by atoms with E-state index in [1.165, 1.54) is 6.92 Å². The Kier molecular flexibility index (Phi) is 5.36. The molecule has 1 aromatic heterocycles. The molecule has 0 amide bonds. The molecule has 0 radical (unpaired) electrons.